The van der Waals surface area contributed by atoms with E-state index in [0.717, 1.165) is 0 Å². The van der Waals surface area contributed by atoms with Crippen LogP contribution in [0.15, 0.2) is 0 Å². The van der Waals surface area contributed by atoms with Gasteiger partial charge >= 0.3 is 0 Å². The Morgan fingerprint density at radius 1 is 1.50 bits per heavy atom. The molecule has 0 atom stereocenters. The Labute approximate surface area is 90.4 Å². The van der Waals surface area contributed by atoms with E-state index in [1.165, 1.54) is 0 Å². The highest BCUT2D eigenvalue weighted by Crippen LogP contribution is 1.96. The van der Waals surface area contributed by atoms with Crippen LogP contribution in [0.1, 0.15) is 19.8 Å². The number of thiocarbonyl (C=S) groups is 1. The monoisotopic (exact) mass is 218 g/mol. The molecule has 0 radical (unpaired) electrons. The smallest absolute Gasteiger partial charge is 0.222 e. The molecule has 0 saturated carbocycles. The van der Waals surface area contributed by atoms with Gasteiger partial charge in [0.1, 0.15) is 0 Å². The van der Waals surface area contributed by atoms with E-state index < -0.39 is 0 Å². The average molecular weight is 218 g/mol. The maximum absolute atomic E-state index is 11.4. The lowest BCUT2D eigenvalue weighted by molar-refractivity contribution is -0.131. The van der Waals surface area contributed by atoms with E-state index in [-0.39, 0.29) is 5.91 Å². The minimum absolute atomic E-state index is 0.110. The first kappa shape index (κ1) is 13.3. The van der Waals surface area contributed by atoms with Crippen molar-refractivity contribution in [2.24, 2.45) is 5.73 Å². The van der Waals surface area contributed by atoms with Crippen molar-refractivity contribution in [2.75, 3.05) is 26.8 Å². The molecule has 1 amide bonds. The van der Waals surface area contributed by atoms with Gasteiger partial charge in [0.05, 0.1) is 11.6 Å². The zero-order valence-corrected chi connectivity index (χ0v) is 9.60. The first-order valence-corrected chi connectivity index (χ1v) is 5.07. The standard InChI is InChI=1S/C9H18N2O2S/c1-3-9(12)11(6-7-13-2)5-4-8(10)14/h3-7H2,1-2H3,(H2,10,14). The Morgan fingerprint density at radius 2 is 2.14 bits per heavy atom. The molecule has 5 heteroatoms. The summed E-state index contributed by atoms with van der Waals surface area (Å²) in [7, 11) is 1.61. The molecule has 0 fully saturated rings. The SMILES string of the molecule is CCC(=O)N(CCOC)CCC(N)=S. The maximum Gasteiger partial charge on any atom is 0.222 e. The van der Waals surface area contributed by atoms with Crippen molar-refractivity contribution in [1.82, 2.24) is 4.90 Å². The van der Waals surface area contributed by atoms with Gasteiger partial charge in [-0.2, -0.15) is 0 Å². The third kappa shape index (κ3) is 5.88. The Balaban J connectivity index is 3.96. The second-order valence-electron chi connectivity index (χ2n) is 2.94. The summed E-state index contributed by atoms with van der Waals surface area (Å²) in [6.07, 6.45) is 1.08. The van der Waals surface area contributed by atoms with Gasteiger partial charge in [0.25, 0.3) is 0 Å². The first-order valence-electron chi connectivity index (χ1n) is 4.66. The summed E-state index contributed by atoms with van der Waals surface area (Å²) >= 11 is 4.76. The third-order valence-electron chi connectivity index (χ3n) is 1.85. The minimum atomic E-state index is 0.110. The van der Waals surface area contributed by atoms with Crippen LogP contribution in [0.5, 0.6) is 0 Å². The molecule has 0 unspecified atom stereocenters. The average Bonchev–Trinajstić information content (AvgIpc) is 2.16. The molecular formula is C9H18N2O2S. The van der Waals surface area contributed by atoms with Crippen LogP contribution >= 0.6 is 12.2 Å². The van der Waals surface area contributed by atoms with Crippen molar-refractivity contribution >= 4 is 23.1 Å². The van der Waals surface area contributed by atoms with Gasteiger partial charge in [-0.25, -0.2) is 0 Å². The number of hydrogen-bond donors (Lipinski definition) is 1. The van der Waals surface area contributed by atoms with Crippen LogP contribution in [0, 0.1) is 0 Å². The van der Waals surface area contributed by atoms with Crippen LogP contribution in [-0.4, -0.2) is 42.6 Å². The van der Waals surface area contributed by atoms with Crippen molar-refractivity contribution in [3.8, 4) is 0 Å². The van der Waals surface area contributed by atoms with Crippen molar-refractivity contribution in [3.63, 3.8) is 0 Å². The number of nitrogens with zero attached hydrogens (tertiary/aromatic N) is 1. The zero-order chi connectivity index (χ0) is 11.0. The number of rotatable bonds is 7. The maximum atomic E-state index is 11.4. The van der Waals surface area contributed by atoms with E-state index in [2.05, 4.69) is 0 Å². The summed E-state index contributed by atoms with van der Waals surface area (Å²) in [6.45, 7) is 3.57. The van der Waals surface area contributed by atoms with E-state index in [1.807, 2.05) is 6.92 Å². The number of hydrogen-bond acceptors (Lipinski definition) is 3. The lowest BCUT2D eigenvalue weighted by Gasteiger charge is -2.21. The number of methoxy groups -OCH3 is 1. The summed E-state index contributed by atoms with van der Waals surface area (Å²) in [5, 5.41) is 0. The molecular weight excluding hydrogens is 200 g/mol. The van der Waals surface area contributed by atoms with Gasteiger partial charge < -0.3 is 15.4 Å². The molecule has 0 aromatic heterocycles. The van der Waals surface area contributed by atoms with Gasteiger partial charge in [-0.15, -0.1) is 0 Å². The van der Waals surface area contributed by atoms with Crippen LogP contribution in [0.25, 0.3) is 0 Å². The van der Waals surface area contributed by atoms with E-state index in [4.69, 9.17) is 22.7 Å². The normalized spacial score (nSPS) is 9.86. The van der Waals surface area contributed by atoms with Gasteiger partial charge in [0.15, 0.2) is 0 Å². The Hall–Kier alpha value is -0.680. The molecule has 0 heterocycles. The number of amides is 1. The number of carbonyl (C=O) groups is 1. The van der Waals surface area contributed by atoms with Crippen LogP contribution < -0.4 is 5.73 Å². The van der Waals surface area contributed by atoms with Crippen molar-refractivity contribution < 1.29 is 9.53 Å². The largest absolute Gasteiger partial charge is 0.393 e. The molecule has 4 nitrogen and oxygen atoms in total. The highest BCUT2D eigenvalue weighted by molar-refractivity contribution is 7.80. The van der Waals surface area contributed by atoms with Crippen molar-refractivity contribution in [3.05, 3.63) is 0 Å². The van der Waals surface area contributed by atoms with Crippen molar-refractivity contribution in [2.45, 2.75) is 19.8 Å². The Kier molecular flexibility index (Phi) is 7.32. The lowest BCUT2D eigenvalue weighted by atomic mass is 10.3. The van der Waals surface area contributed by atoms with Gasteiger partial charge in [0, 0.05) is 33.0 Å². The highest BCUT2D eigenvalue weighted by atomic mass is 32.1. The van der Waals surface area contributed by atoms with Crippen LogP contribution in [-0.2, 0) is 9.53 Å². The third-order valence-corrected chi connectivity index (χ3v) is 2.05. The molecule has 2 N–H and O–H groups in total. The second-order valence-corrected chi connectivity index (χ2v) is 3.47. The summed E-state index contributed by atoms with van der Waals surface area (Å²) in [5.41, 5.74) is 5.37. The quantitative estimate of drug-likeness (QED) is 0.634. The molecule has 0 aromatic rings. The predicted octanol–water partition coefficient (Wildman–Crippen LogP) is 0.548. The molecule has 0 rings (SSSR count). The predicted molar refractivity (Wildman–Crippen MR) is 60.1 cm³/mol. The number of carbonyl (C=O) groups excluding carboxylic acids is 1. The fourth-order valence-corrected chi connectivity index (χ4v) is 1.12. The topological polar surface area (TPSA) is 55.6 Å². The molecule has 0 bridgehead atoms. The molecule has 14 heavy (non-hydrogen) atoms. The summed E-state index contributed by atoms with van der Waals surface area (Å²) in [6, 6.07) is 0. The number of nitrogens with two attached hydrogens (primary N) is 1. The lowest BCUT2D eigenvalue weighted by Crippen LogP contribution is -2.35. The molecule has 0 saturated heterocycles. The summed E-state index contributed by atoms with van der Waals surface area (Å²) < 4.78 is 4.92. The molecule has 0 aliphatic rings. The Bertz CT molecular complexity index is 197. The van der Waals surface area contributed by atoms with Crippen LogP contribution in [0.3, 0.4) is 0 Å². The van der Waals surface area contributed by atoms with Gasteiger partial charge in [-0.1, -0.05) is 19.1 Å². The van der Waals surface area contributed by atoms with E-state index in [1.54, 1.807) is 12.0 Å². The van der Waals surface area contributed by atoms with E-state index in [0.29, 0.717) is 37.5 Å². The second kappa shape index (κ2) is 7.70. The van der Waals surface area contributed by atoms with E-state index >= 15 is 0 Å². The first-order chi connectivity index (χ1) is 6.61. The molecule has 0 spiro atoms. The van der Waals surface area contributed by atoms with E-state index in [9.17, 15) is 4.79 Å². The molecule has 0 aromatic carbocycles. The van der Waals surface area contributed by atoms with Gasteiger partial charge in [-0.05, 0) is 0 Å². The highest BCUT2D eigenvalue weighted by Gasteiger charge is 2.10. The van der Waals surface area contributed by atoms with Gasteiger partial charge in [-0.3, -0.25) is 4.79 Å². The summed E-state index contributed by atoms with van der Waals surface area (Å²) in [5.74, 6) is 0.110. The molecule has 0 aliphatic carbocycles. The number of ether oxygens (including phenoxy) is 1. The fraction of sp³-hybridized carbons (Fsp3) is 0.778. The molecule has 82 valence electrons. The molecule has 0 aliphatic heterocycles. The fourth-order valence-electron chi connectivity index (χ4n) is 1.03. The summed E-state index contributed by atoms with van der Waals surface area (Å²) in [4.78, 5) is 13.6. The van der Waals surface area contributed by atoms with Crippen LogP contribution in [0.4, 0.5) is 0 Å². The van der Waals surface area contributed by atoms with Crippen LogP contribution in [0.2, 0.25) is 0 Å². The zero-order valence-electron chi connectivity index (χ0n) is 8.78. The van der Waals surface area contributed by atoms with Gasteiger partial charge in [0.2, 0.25) is 5.91 Å². The Morgan fingerprint density at radius 3 is 2.57 bits per heavy atom. The van der Waals surface area contributed by atoms with Crippen molar-refractivity contribution in [1.29, 1.82) is 0 Å². The minimum Gasteiger partial charge on any atom is -0.393 e.